The lowest BCUT2D eigenvalue weighted by Gasteiger charge is -2.20. The Bertz CT molecular complexity index is 594. The molecule has 0 spiro atoms. The van der Waals surface area contributed by atoms with E-state index in [-0.39, 0.29) is 5.91 Å². The standard InChI is InChI=1S/C17H19NO2S2/c1-3-10-18(12-16-5-4-11-21-16)17(19)13-22-15-8-6-14(20-2)7-9-15/h3-9,11H,1,10,12-13H2,2H3. The molecule has 0 radical (unpaired) electrons. The molecule has 0 aliphatic heterocycles. The highest BCUT2D eigenvalue weighted by atomic mass is 32.2. The van der Waals surface area contributed by atoms with Crippen LogP contribution in [0, 0.1) is 0 Å². The van der Waals surface area contributed by atoms with Gasteiger partial charge in [0.25, 0.3) is 0 Å². The van der Waals surface area contributed by atoms with E-state index in [0.717, 1.165) is 10.6 Å². The Morgan fingerprint density at radius 3 is 2.73 bits per heavy atom. The Labute approximate surface area is 139 Å². The first kappa shape index (κ1) is 16.6. The third-order valence-electron chi connectivity index (χ3n) is 3.05. The van der Waals surface area contributed by atoms with Crippen LogP contribution in [0.25, 0.3) is 0 Å². The number of thioether (sulfide) groups is 1. The van der Waals surface area contributed by atoms with Crippen LogP contribution in [0.15, 0.2) is 59.3 Å². The zero-order valence-electron chi connectivity index (χ0n) is 12.5. The second-order valence-corrected chi connectivity index (χ2v) is 6.69. The van der Waals surface area contributed by atoms with E-state index in [0.29, 0.717) is 18.8 Å². The number of hydrogen-bond donors (Lipinski definition) is 0. The van der Waals surface area contributed by atoms with Crippen LogP contribution in [0.4, 0.5) is 0 Å². The molecule has 0 unspecified atom stereocenters. The summed E-state index contributed by atoms with van der Waals surface area (Å²) in [6.45, 7) is 4.95. The molecule has 2 aromatic rings. The molecule has 1 aromatic heterocycles. The van der Waals surface area contributed by atoms with E-state index in [2.05, 4.69) is 6.58 Å². The Kier molecular flexibility index (Phi) is 6.55. The highest BCUT2D eigenvalue weighted by molar-refractivity contribution is 8.00. The maximum atomic E-state index is 12.4. The molecule has 0 N–H and O–H groups in total. The first-order valence-corrected chi connectivity index (χ1v) is 8.77. The highest BCUT2D eigenvalue weighted by Gasteiger charge is 2.13. The van der Waals surface area contributed by atoms with Crippen LogP contribution in [0.2, 0.25) is 0 Å². The van der Waals surface area contributed by atoms with Crippen molar-refractivity contribution in [1.82, 2.24) is 4.90 Å². The third-order valence-corrected chi connectivity index (χ3v) is 4.91. The van der Waals surface area contributed by atoms with Gasteiger partial charge in [-0.3, -0.25) is 4.79 Å². The summed E-state index contributed by atoms with van der Waals surface area (Å²) in [7, 11) is 1.64. The van der Waals surface area contributed by atoms with E-state index < -0.39 is 0 Å². The summed E-state index contributed by atoms with van der Waals surface area (Å²) in [5, 5.41) is 2.03. The van der Waals surface area contributed by atoms with Gasteiger partial charge in [0.15, 0.2) is 0 Å². The number of methoxy groups -OCH3 is 1. The van der Waals surface area contributed by atoms with Crippen LogP contribution in [-0.4, -0.2) is 30.2 Å². The van der Waals surface area contributed by atoms with Gasteiger partial charge in [0.2, 0.25) is 5.91 Å². The molecule has 0 aliphatic rings. The molecule has 5 heteroatoms. The molecule has 0 saturated heterocycles. The van der Waals surface area contributed by atoms with Crippen LogP contribution in [-0.2, 0) is 11.3 Å². The summed E-state index contributed by atoms with van der Waals surface area (Å²) in [4.78, 5) is 16.5. The van der Waals surface area contributed by atoms with Gasteiger partial charge in [0.05, 0.1) is 19.4 Å². The number of amides is 1. The molecule has 22 heavy (non-hydrogen) atoms. The number of carbonyl (C=O) groups is 1. The number of hydrogen-bond acceptors (Lipinski definition) is 4. The molecule has 0 fully saturated rings. The second-order valence-electron chi connectivity index (χ2n) is 4.61. The van der Waals surface area contributed by atoms with Gasteiger partial charge in [-0.05, 0) is 35.7 Å². The van der Waals surface area contributed by atoms with Crippen LogP contribution in [0.5, 0.6) is 5.75 Å². The number of thiophene rings is 1. The van der Waals surface area contributed by atoms with Crippen LogP contribution >= 0.6 is 23.1 Å². The van der Waals surface area contributed by atoms with Crippen molar-refractivity contribution in [3.63, 3.8) is 0 Å². The third kappa shape index (κ3) is 4.93. The van der Waals surface area contributed by atoms with E-state index in [9.17, 15) is 4.79 Å². The average molecular weight is 333 g/mol. The summed E-state index contributed by atoms with van der Waals surface area (Å²) >= 11 is 3.20. The lowest BCUT2D eigenvalue weighted by atomic mass is 10.3. The molecule has 1 aromatic carbocycles. The Hall–Kier alpha value is -1.72. The molecule has 1 heterocycles. The maximum absolute atomic E-state index is 12.4. The lowest BCUT2D eigenvalue weighted by molar-refractivity contribution is -0.128. The molecule has 0 aliphatic carbocycles. The summed E-state index contributed by atoms with van der Waals surface area (Å²) in [5.74, 6) is 1.36. The highest BCUT2D eigenvalue weighted by Crippen LogP contribution is 2.22. The molecular weight excluding hydrogens is 314 g/mol. The van der Waals surface area contributed by atoms with E-state index in [4.69, 9.17) is 4.74 Å². The molecule has 0 atom stereocenters. The number of nitrogens with zero attached hydrogens (tertiary/aromatic N) is 1. The predicted octanol–water partition coefficient (Wildman–Crippen LogP) is 4.06. The van der Waals surface area contributed by atoms with Crippen molar-refractivity contribution in [1.29, 1.82) is 0 Å². The normalized spacial score (nSPS) is 10.2. The summed E-state index contributed by atoms with van der Waals surface area (Å²) in [5.41, 5.74) is 0. The Morgan fingerprint density at radius 2 is 2.14 bits per heavy atom. The quantitative estimate of drug-likeness (QED) is 0.539. The van der Waals surface area contributed by atoms with Crippen molar-refractivity contribution >= 4 is 29.0 Å². The van der Waals surface area contributed by atoms with E-state index in [1.807, 2.05) is 46.7 Å². The van der Waals surface area contributed by atoms with Crippen LogP contribution < -0.4 is 4.74 Å². The molecule has 3 nitrogen and oxygen atoms in total. The monoisotopic (exact) mass is 333 g/mol. The second kappa shape index (κ2) is 8.66. The zero-order valence-corrected chi connectivity index (χ0v) is 14.2. The summed E-state index contributed by atoms with van der Waals surface area (Å²) < 4.78 is 5.13. The number of benzene rings is 1. The first-order chi connectivity index (χ1) is 10.7. The zero-order chi connectivity index (χ0) is 15.8. The van der Waals surface area contributed by atoms with Crippen molar-refractivity contribution in [2.24, 2.45) is 0 Å². The minimum atomic E-state index is 0.120. The van der Waals surface area contributed by atoms with Gasteiger partial charge >= 0.3 is 0 Å². The van der Waals surface area contributed by atoms with Crippen molar-refractivity contribution < 1.29 is 9.53 Å². The topological polar surface area (TPSA) is 29.5 Å². The Balaban J connectivity index is 1.90. The predicted molar refractivity (Wildman–Crippen MR) is 93.7 cm³/mol. The summed E-state index contributed by atoms with van der Waals surface area (Å²) in [6, 6.07) is 11.8. The number of carbonyl (C=O) groups excluding carboxylic acids is 1. The van der Waals surface area contributed by atoms with Crippen molar-refractivity contribution in [3.05, 3.63) is 59.3 Å². The van der Waals surface area contributed by atoms with E-state index in [1.165, 1.54) is 16.6 Å². The van der Waals surface area contributed by atoms with Gasteiger partial charge in [0.1, 0.15) is 5.75 Å². The minimum Gasteiger partial charge on any atom is -0.497 e. The van der Waals surface area contributed by atoms with Gasteiger partial charge in [-0.2, -0.15) is 0 Å². The fourth-order valence-electron chi connectivity index (χ4n) is 1.91. The van der Waals surface area contributed by atoms with Gasteiger partial charge in [0, 0.05) is 16.3 Å². The molecule has 116 valence electrons. The fraction of sp³-hybridized carbons (Fsp3) is 0.235. The van der Waals surface area contributed by atoms with Crippen molar-refractivity contribution in [2.45, 2.75) is 11.4 Å². The molecule has 1 amide bonds. The van der Waals surface area contributed by atoms with Gasteiger partial charge in [-0.1, -0.05) is 12.1 Å². The van der Waals surface area contributed by atoms with Crippen molar-refractivity contribution in [3.8, 4) is 5.75 Å². The first-order valence-electron chi connectivity index (χ1n) is 6.91. The molecule has 0 saturated carbocycles. The minimum absolute atomic E-state index is 0.120. The average Bonchev–Trinajstić information content (AvgIpc) is 3.06. The largest absolute Gasteiger partial charge is 0.497 e. The van der Waals surface area contributed by atoms with Gasteiger partial charge in [-0.25, -0.2) is 0 Å². The molecule has 0 bridgehead atoms. The Morgan fingerprint density at radius 1 is 1.36 bits per heavy atom. The number of ether oxygens (including phenoxy) is 1. The van der Waals surface area contributed by atoms with E-state index in [1.54, 1.807) is 24.5 Å². The van der Waals surface area contributed by atoms with Gasteiger partial charge < -0.3 is 9.64 Å². The lowest BCUT2D eigenvalue weighted by Crippen LogP contribution is -2.31. The smallest absolute Gasteiger partial charge is 0.233 e. The van der Waals surface area contributed by atoms with E-state index >= 15 is 0 Å². The maximum Gasteiger partial charge on any atom is 0.233 e. The SMILES string of the molecule is C=CCN(Cc1cccs1)C(=O)CSc1ccc(OC)cc1. The molecular formula is C17H19NO2S2. The number of rotatable bonds is 8. The van der Waals surface area contributed by atoms with Crippen LogP contribution in [0.3, 0.4) is 0 Å². The molecule has 2 rings (SSSR count). The van der Waals surface area contributed by atoms with Crippen LogP contribution in [0.1, 0.15) is 4.88 Å². The van der Waals surface area contributed by atoms with Gasteiger partial charge in [-0.15, -0.1) is 29.7 Å². The van der Waals surface area contributed by atoms with Crippen molar-refractivity contribution in [2.75, 3.05) is 19.4 Å². The fourth-order valence-corrected chi connectivity index (χ4v) is 3.43. The summed E-state index contributed by atoms with van der Waals surface area (Å²) in [6.07, 6.45) is 1.77.